The first-order valence-electron chi connectivity index (χ1n) is 6.53. The van der Waals surface area contributed by atoms with Gasteiger partial charge in [-0.15, -0.1) is 0 Å². The van der Waals surface area contributed by atoms with Gasteiger partial charge in [0, 0.05) is 25.0 Å². The molecule has 1 N–H and O–H groups in total. The van der Waals surface area contributed by atoms with Crippen LogP contribution in [0.3, 0.4) is 0 Å². The zero-order chi connectivity index (χ0) is 14.3. The van der Waals surface area contributed by atoms with Gasteiger partial charge in [-0.3, -0.25) is 4.79 Å². The van der Waals surface area contributed by atoms with Gasteiger partial charge in [0.25, 0.3) is 0 Å². The van der Waals surface area contributed by atoms with E-state index in [0.29, 0.717) is 6.54 Å². The lowest BCUT2D eigenvalue weighted by Gasteiger charge is -2.16. The number of hydrogen-bond donors (Lipinski definition) is 1. The Labute approximate surface area is 116 Å². The summed E-state index contributed by atoms with van der Waals surface area (Å²) in [7, 11) is -3.79. The number of benzene rings is 1. The first kappa shape index (κ1) is 13.5. The number of carbonyl (C=O) groups excluding carboxylic acids is 1. The maximum atomic E-state index is 13.1. The van der Waals surface area contributed by atoms with Gasteiger partial charge in [-0.1, -0.05) is 6.07 Å². The molecule has 1 aromatic rings. The number of hydrogen-bond acceptors (Lipinski definition) is 3. The topological polar surface area (TPSA) is 66.5 Å². The Morgan fingerprint density at radius 3 is 2.70 bits per heavy atom. The smallest absolute Gasteiger partial charge is 0.240 e. The van der Waals surface area contributed by atoms with E-state index in [1.807, 2.05) is 0 Å². The Balaban J connectivity index is 1.72. The van der Waals surface area contributed by atoms with Gasteiger partial charge in [-0.25, -0.2) is 17.5 Å². The maximum absolute atomic E-state index is 13.1. The van der Waals surface area contributed by atoms with Crippen LogP contribution in [0.2, 0.25) is 0 Å². The summed E-state index contributed by atoms with van der Waals surface area (Å²) in [5.74, 6) is -0.616. The third-order valence-electron chi connectivity index (χ3n) is 3.57. The second-order valence-corrected chi connectivity index (χ2v) is 6.97. The van der Waals surface area contributed by atoms with Crippen molar-refractivity contribution in [3.63, 3.8) is 0 Å². The van der Waals surface area contributed by atoms with Crippen molar-refractivity contribution in [3.8, 4) is 0 Å². The summed E-state index contributed by atoms with van der Waals surface area (Å²) in [4.78, 5) is 13.4. The third kappa shape index (κ3) is 2.69. The van der Waals surface area contributed by atoms with Gasteiger partial charge in [0.1, 0.15) is 5.82 Å². The molecule has 1 saturated heterocycles. The van der Waals surface area contributed by atoms with Crippen molar-refractivity contribution in [2.24, 2.45) is 0 Å². The summed E-state index contributed by atoms with van der Waals surface area (Å²) in [5.41, 5.74) is 0. The minimum absolute atomic E-state index is 0.0144. The normalized spacial score (nSPS) is 23.4. The molecule has 1 aliphatic carbocycles. The number of likely N-dealkylation sites (tertiary alicyclic amines) is 1. The van der Waals surface area contributed by atoms with E-state index in [0.717, 1.165) is 18.9 Å². The molecule has 0 radical (unpaired) electrons. The summed E-state index contributed by atoms with van der Waals surface area (Å²) in [6.45, 7) is 0.401. The van der Waals surface area contributed by atoms with Crippen LogP contribution in [0.1, 0.15) is 19.3 Å². The van der Waals surface area contributed by atoms with Crippen LogP contribution >= 0.6 is 0 Å². The average molecular weight is 298 g/mol. The Kier molecular flexibility index (Phi) is 3.25. The van der Waals surface area contributed by atoms with Crippen molar-refractivity contribution in [3.05, 3.63) is 30.1 Å². The second-order valence-electron chi connectivity index (χ2n) is 5.26. The summed E-state index contributed by atoms with van der Waals surface area (Å²) in [6.07, 6.45) is 2.16. The van der Waals surface area contributed by atoms with Gasteiger partial charge in [0.05, 0.1) is 4.90 Å². The number of nitrogens with one attached hydrogen (secondary N) is 1. The number of carbonyl (C=O) groups is 1. The molecular weight excluding hydrogens is 283 g/mol. The summed E-state index contributed by atoms with van der Waals surface area (Å²) < 4.78 is 39.8. The molecule has 0 spiro atoms. The van der Waals surface area contributed by atoms with Crippen molar-refractivity contribution in [1.29, 1.82) is 0 Å². The SMILES string of the molecule is O=C1C[C@@H](NS(=O)(=O)c2cccc(F)c2)CN1C1CC1. The molecule has 1 atom stereocenters. The fraction of sp³-hybridized carbons (Fsp3) is 0.462. The van der Waals surface area contributed by atoms with Crippen molar-refractivity contribution in [2.75, 3.05) is 6.54 Å². The molecule has 1 aromatic carbocycles. The van der Waals surface area contributed by atoms with Crippen molar-refractivity contribution >= 4 is 15.9 Å². The monoisotopic (exact) mass is 298 g/mol. The molecule has 3 rings (SSSR count). The van der Waals surface area contributed by atoms with E-state index >= 15 is 0 Å². The Morgan fingerprint density at radius 2 is 2.05 bits per heavy atom. The first-order valence-corrected chi connectivity index (χ1v) is 8.01. The molecule has 1 heterocycles. The molecule has 0 bridgehead atoms. The van der Waals surface area contributed by atoms with Crippen LogP contribution in [0.25, 0.3) is 0 Å². The van der Waals surface area contributed by atoms with Crippen LogP contribution in [0.15, 0.2) is 29.2 Å². The second kappa shape index (κ2) is 4.82. The predicted molar refractivity (Wildman–Crippen MR) is 69.9 cm³/mol. The standard InChI is InChI=1S/C13H15FN2O3S/c14-9-2-1-3-12(6-9)20(18,19)15-10-7-13(17)16(8-10)11-4-5-11/h1-3,6,10-11,15H,4-5,7-8H2/t10-/m1/s1. The highest BCUT2D eigenvalue weighted by molar-refractivity contribution is 7.89. The number of halogens is 1. The van der Waals surface area contributed by atoms with E-state index in [9.17, 15) is 17.6 Å². The van der Waals surface area contributed by atoms with Gasteiger partial charge >= 0.3 is 0 Å². The number of rotatable bonds is 4. The van der Waals surface area contributed by atoms with Gasteiger partial charge in [0.2, 0.25) is 15.9 Å². The fourth-order valence-corrected chi connectivity index (χ4v) is 3.73. The van der Waals surface area contributed by atoms with Crippen LogP contribution in [0.5, 0.6) is 0 Å². The highest BCUT2D eigenvalue weighted by atomic mass is 32.2. The van der Waals surface area contributed by atoms with Gasteiger partial charge in [0.15, 0.2) is 0 Å². The highest BCUT2D eigenvalue weighted by Gasteiger charge is 2.40. The molecule has 0 unspecified atom stereocenters. The zero-order valence-corrected chi connectivity index (χ0v) is 11.6. The maximum Gasteiger partial charge on any atom is 0.240 e. The molecule has 7 heteroatoms. The predicted octanol–water partition coefficient (Wildman–Crippen LogP) is 0.867. The minimum Gasteiger partial charge on any atom is -0.338 e. The molecule has 108 valence electrons. The molecule has 20 heavy (non-hydrogen) atoms. The van der Waals surface area contributed by atoms with Crippen LogP contribution in [0, 0.1) is 5.82 Å². The van der Waals surface area contributed by atoms with Gasteiger partial charge in [-0.2, -0.15) is 0 Å². The Morgan fingerprint density at radius 1 is 1.30 bits per heavy atom. The molecule has 1 amide bonds. The highest BCUT2D eigenvalue weighted by Crippen LogP contribution is 2.30. The molecule has 1 saturated carbocycles. The largest absolute Gasteiger partial charge is 0.338 e. The molecule has 5 nitrogen and oxygen atoms in total. The van der Waals surface area contributed by atoms with E-state index in [2.05, 4.69) is 4.72 Å². The van der Waals surface area contributed by atoms with Crippen molar-refractivity contribution in [2.45, 2.75) is 36.2 Å². The molecular formula is C13H15FN2O3S. The summed E-state index contributed by atoms with van der Waals surface area (Å²) in [6, 6.07) is 4.69. The molecule has 0 aromatic heterocycles. The molecule has 2 fully saturated rings. The fourth-order valence-electron chi connectivity index (χ4n) is 2.47. The summed E-state index contributed by atoms with van der Waals surface area (Å²) >= 11 is 0. The lowest BCUT2D eigenvalue weighted by atomic mass is 10.3. The Bertz CT molecular complexity index is 643. The Hall–Kier alpha value is -1.47. The van der Waals surface area contributed by atoms with E-state index in [1.165, 1.54) is 18.2 Å². The molecule has 1 aliphatic heterocycles. The minimum atomic E-state index is -3.79. The number of nitrogens with zero attached hydrogens (tertiary/aromatic N) is 1. The zero-order valence-electron chi connectivity index (χ0n) is 10.8. The van der Waals surface area contributed by atoms with Crippen LogP contribution < -0.4 is 4.72 Å². The van der Waals surface area contributed by atoms with E-state index in [-0.39, 0.29) is 23.3 Å². The van der Waals surface area contributed by atoms with Crippen LogP contribution in [-0.4, -0.2) is 37.9 Å². The third-order valence-corrected chi connectivity index (χ3v) is 5.09. The number of amides is 1. The van der Waals surface area contributed by atoms with Gasteiger partial charge < -0.3 is 4.90 Å². The van der Waals surface area contributed by atoms with E-state index in [1.54, 1.807) is 4.90 Å². The van der Waals surface area contributed by atoms with E-state index < -0.39 is 21.9 Å². The molecule has 2 aliphatic rings. The number of sulfonamides is 1. The quantitative estimate of drug-likeness (QED) is 0.897. The lowest BCUT2D eigenvalue weighted by Crippen LogP contribution is -2.37. The lowest BCUT2D eigenvalue weighted by molar-refractivity contribution is -0.128. The average Bonchev–Trinajstić information content (AvgIpc) is 3.14. The van der Waals surface area contributed by atoms with Gasteiger partial charge in [-0.05, 0) is 31.0 Å². The van der Waals surface area contributed by atoms with Crippen molar-refractivity contribution < 1.29 is 17.6 Å². The van der Waals surface area contributed by atoms with Crippen LogP contribution in [0.4, 0.5) is 4.39 Å². The van der Waals surface area contributed by atoms with E-state index in [4.69, 9.17) is 0 Å². The van der Waals surface area contributed by atoms with Crippen molar-refractivity contribution in [1.82, 2.24) is 9.62 Å². The van der Waals surface area contributed by atoms with Crippen LogP contribution in [-0.2, 0) is 14.8 Å². The first-order chi connectivity index (χ1) is 9.45. The summed E-state index contributed by atoms with van der Waals surface area (Å²) in [5, 5.41) is 0.